The highest BCUT2D eigenvalue weighted by atomic mass is 15.1. The van der Waals surface area contributed by atoms with Gasteiger partial charge in [-0.15, -0.1) is 0 Å². The largest absolute Gasteiger partial charge is 0.329 e. The van der Waals surface area contributed by atoms with Crippen LogP contribution in [0.2, 0.25) is 0 Å². The smallest absolute Gasteiger partial charge is 0.140 e. The fourth-order valence-corrected chi connectivity index (χ4v) is 2.10. The van der Waals surface area contributed by atoms with Crippen LogP contribution in [0.4, 0.5) is 0 Å². The molecule has 0 bridgehead atoms. The van der Waals surface area contributed by atoms with Gasteiger partial charge in [0.1, 0.15) is 5.65 Å². The number of pyridine rings is 1. The Morgan fingerprint density at radius 3 is 3.00 bits per heavy atom. The highest BCUT2D eigenvalue weighted by Crippen LogP contribution is 2.38. The average molecular weight is 201 g/mol. The van der Waals surface area contributed by atoms with E-state index in [1.165, 1.54) is 29.4 Å². The Morgan fingerprint density at radius 2 is 2.33 bits per heavy atom. The molecule has 0 aromatic carbocycles. The van der Waals surface area contributed by atoms with Gasteiger partial charge in [-0.2, -0.15) is 0 Å². The molecule has 3 rings (SSSR count). The number of nitrogens with two attached hydrogens (primary N) is 1. The van der Waals surface area contributed by atoms with Gasteiger partial charge in [0.2, 0.25) is 0 Å². The quantitative estimate of drug-likeness (QED) is 0.809. The zero-order chi connectivity index (χ0) is 10.4. The van der Waals surface area contributed by atoms with Crippen LogP contribution in [0, 0.1) is 6.92 Å². The van der Waals surface area contributed by atoms with Crippen molar-refractivity contribution in [3.05, 3.63) is 29.6 Å². The van der Waals surface area contributed by atoms with E-state index in [2.05, 4.69) is 28.7 Å². The van der Waals surface area contributed by atoms with Crippen molar-refractivity contribution in [3.63, 3.8) is 0 Å². The van der Waals surface area contributed by atoms with Crippen molar-refractivity contribution in [3.8, 4) is 0 Å². The van der Waals surface area contributed by atoms with Crippen LogP contribution in [-0.4, -0.2) is 9.55 Å². The molecule has 0 unspecified atom stereocenters. The van der Waals surface area contributed by atoms with Crippen LogP contribution in [0.5, 0.6) is 0 Å². The van der Waals surface area contributed by atoms with Crippen molar-refractivity contribution in [1.29, 1.82) is 0 Å². The number of hydrogen-bond donors (Lipinski definition) is 1. The van der Waals surface area contributed by atoms with Crippen molar-refractivity contribution < 1.29 is 0 Å². The molecule has 3 nitrogen and oxygen atoms in total. The molecule has 0 radical (unpaired) electrons. The Kier molecular flexibility index (Phi) is 1.83. The fourth-order valence-electron chi connectivity index (χ4n) is 2.10. The molecule has 1 saturated carbocycles. The number of rotatable bonds is 2. The van der Waals surface area contributed by atoms with E-state index in [1.807, 2.05) is 6.20 Å². The summed E-state index contributed by atoms with van der Waals surface area (Å²) in [5.74, 6) is 0. The predicted octanol–water partition coefficient (Wildman–Crippen LogP) is 2.14. The third-order valence-corrected chi connectivity index (χ3v) is 3.05. The maximum absolute atomic E-state index is 5.76. The summed E-state index contributed by atoms with van der Waals surface area (Å²) < 4.78 is 2.29. The van der Waals surface area contributed by atoms with Crippen LogP contribution >= 0.6 is 0 Å². The number of nitrogens with zero attached hydrogens (tertiary/aromatic N) is 2. The monoisotopic (exact) mass is 201 g/mol. The zero-order valence-electron chi connectivity index (χ0n) is 8.90. The molecular formula is C12H15N3. The summed E-state index contributed by atoms with van der Waals surface area (Å²) in [5.41, 5.74) is 9.27. The van der Waals surface area contributed by atoms with E-state index in [9.17, 15) is 0 Å². The molecule has 0 aliphatic heterocycles. The second-order valence-corrected chi connectivity index (χ2v) is 4.38. The SMILES string of the molecule is Cc1cnc2c(c1)c(CN)cn2C1CC1. The molecule has 0 spiro atoms. The van der Waals surface area contributed by atoms with Gasteiger partial charge in [-0.1, -0.05) is 0 Å². The van der Waals surface area contributed by atoms with Crippen molar-refractivity contribution in [2.75, 3.05) is 0 Å². The lowest BCUT2D eigenvalue weighted by Gasteiger charge is -2.00. The third kappa shape index (κ3) is 1.35. The zero-order valence-corrected chi connectivity index (χ0v) is 8.90. The van der Waals surface area contributed by atoms with Gasteiger partial charge in [-0.25, -0.2) is 4.98 Å². The molecule has 2 N–H and O–H groups in total. The molecule has 15 heavy (non-hydrogen) atoms. The van der Waals surface area contributed by atoms with E-state index in [0.717, 1.165) is 5.65 Å². The van der Waals surface area contributed by atoms with Crippen LogP contribution in [-0.2, 0) is 6.54 Å². The summed E-state index contributed by atoms with van der Waals surface area (Å²) in [4.78, 5) is 4.52. The predicted molar refractivity (Wildman–Crippen MR) is 60.6 cm³/mol. The molecule has 1 aliphatic carbocycles. The van der Waals surface area contributed by atoms with Gasteiger partial charge in [0, 0.05) is 30.4 Å². The molecule has 2 heterocycles. The van der Waals surface area contributed by atoms with Crippen LogP contribution in [0.3, 0.4) is 0 Å². The molecule has 0 atom stereocenters. The standard InChI is InChI=1S/C12H15N3/c1-8-4-11-9(5-13)7-15(10-2-3-10)12(11)14-6-8/h4,6-7,10H,2-3,5,13H2,1H3. The third-order valence-electron chi connectivity index (χ3n) is 3.05. The van der Waals surface area contributed by atoms with E-state index in [4.69, 9.17) is 5.73 Å². The van der Waals surface area contributed by atoms with Crippen molar-refractivity contribution >= 4 is 11.0 Å². The minimum atomic E-state index is 0.599. The first-order valence-corrected chi connectivity index (χ1v) is 5.45. The Labute approximate surface area is 88.9 Å². The van der Waals surface area contributed by atoms with Gasteiger partial charge in [0.05, 0.1) is 0 Å². The van der Waals surface area contributed by atoms with Crippen LogP contribution < -0.4 is 5.73 Å². The summed E-state index contributed by atoms with van der Waals surface area (Å²) in [7, 11) is 0. The van der Waals surface area contributed by atoms with Crippen LogP contribution in [0.15, 0.2) is 18.5 Å². The molecular weight excluding hydrogens is 186 g/mol. The van der Waals surface area contributed by atoms with E-state index in [-0.39, 0.29) is 0 Å². The molecule has 2 aromatic heterocycles. The van der Waals surface area contributed by atoms with Crippen molar-refractivity contribution in [1.82, 2.24) is 9.55 Å². The van der Waals surface area contributed by atoms with E-state index in [0.29, 0.717) is 12.6 Å². The fraction of sp³-hybridized carbons (Fsp3) is 0.417. The Morgan fingerprint density at radius 1 is 1.53 bits per heavy atom. The first-order valence-electron chi connectivity index (χ1n) is 5.45. The Balaban J connectivity index is 2.28. The highest BCUT2D eigenvalue weighted by molar-refractivity contribution is 5.81. The van der Waals surface area contributed by atoms with Crippen LogP contribution in [0.25, 0.3) is 11.0 Å². The maximum atomic E-state index is 5.76. The summed E-state index contributed by atoms with van der Waals surface area (Å²) in [6.07, 6.45) is 6.67. The molecule has 2 aromatic rings. The first kappa shape index (κ1) is 8.92. The Hall–Kier alpha value is -1.35. The molecule has 1 fully saturated rings. The van der Waals surface area contributed by atoms with Gasteiger partial charge < -0.3 is 10.3 Å². The van der Waals surface area contributed by atoms with Gasteiger partial charge in [-0.05, 0) is 37.0 Å². The second-order valence-electron chi connectivity index (χ2n) is 4.38. The number of fused-ring (bicyclic) bond motifs is 1. The number of aromatic nitrogens is 2. The van der Waals surface area contributed by atoms with Gasteiger partial charge in [0.15, 0.2) is 0 Å². The summed E-state index contributed by atoms with van der Waals surface area (Å²) in [6, 6.07) is 2.85. The summed E-state index contributed by atoms with van der Waals surface area (Å²) in [6.45, 7) is 2.67. The van der Waals surface area contributed by atoms with E-state index >= 15 is 0 Å². The van der Waals surface area contributed by atoms with Crippen LogP contribution in [0.1, 0.15) is 30.0 Å². The average Bonchev–Trinajstić information content (AvgIpc) is 3.01. The summed E-state index contributed by atoms with van der Waals surface area (Å²) in [5, 5.41) is 1.23. The van der Waals surface area contributed by atoms with E-state index in [1.54, 1.807) is 0 Å². The van der Waals surface area contributed by atoms with E-state index < -0.39 is 0 Å². The molecule has 0 amide bonds. The van der Waals surface area contributed by atoms with Gasteiger partial charge >= 0.3 is 0 Å². The lowest BCUT2D eigenvalue weighted by atomic mass is 10.2. The maximum Gasteiger partial charge on any atom is 0.140 e. The first-order chi connectivity index (χ1) is 7.29. The van der Waals surface area contributed by atoms with Crippen molar-refractivity contribution in [2.24, 2.45) is 5.73 Å². The molecule has 78 valence electrons. The van der Waals surface area contributed by atoms with Gasteiger partial charge in [0.25, 0.3) is 0 Å². The minimum Gasteiger partial charge on any atom is -0.329 e. The molecule has 3 heteroatoms. The number of hydrogen-bond acceptors (Lipinski definition) is 2. The van der Waals surface area contributed by atoms with Crippen molar-refractivity contribution in [2.45, 2.75) is 32.4 Å². The lowest BCUT2D eigenvalue weighted by Crippen LogP contribution is -1.95. The minimum absolute atomic E-state index is 0.599. The molecule has 1 aliphatic rings. The normalized spacial score (nSPS) is 16.1. The van der Waals surface area contributed by atoms with Gasteiger partial charge in [-0.3, -0.25) is 0 Å². The highest BCUT2D eigenvalue weighted by Gasteiger charge is 2.26. The number of aryl methyl sites for hydroxylation is 1. The second kappa shape index (κ2) is 3.07. The Bertz CT molecular complexity index is 509. The topological polar surface area (TPSA) is 43.8 Å². The molecule has 0 saturated heterocycles. The summed E-state index contributed by atoms with van der Waals surface area (Å²) >= 11 is 0. The lowest BCUT2D eigenvalue weighted by molar-refractivity contribution is 0.762.